The van der Waals surface area contributed by atoms with E-state index in [2.05, 4.69) is 4.74 Å². The highest BCUT2D eigenvalue weighted by molar-refractivity contribution is 5.97. The average Bonchev–Trinajstić information content (AvgIpc) is 2.70. The Bertz CT molecular complexity index is 360. The maximum absolute atomic E-state index is 11.5. The van der Waals surface area contributed by atoms with Gasteiger partial charge in [0.2, 0.25) is 0 Å². The van der Waals surface area contributed by atoms with Crippen LogP contribution in [-0.4, -0.2) is 17.7 Å². The van der Waals surface area contributed by atoms with E-state index in [1.807, 2.05) is 0 Å². The van der Waals surface area contributed by atoms with Crippen LogP contribution in [0.5, 0.6) is 0 Å². The summed E-state index contributed by atoms with van der Waals surface area (Å²) in [5.41, 5.74) is 0. The van der Waals surface area contributed by atoms with E-state index in [4.69, 9.17) is 0 Å². The molecule has 80 valence electrons. The Balaban J connectivity index is 1.88. The molecule has 1 heterocycles. The fourth-order valence-corrected chi connectivity index (χ4v) is 3.28. The highest BCUT2D eigenvalue weighted by Gasteiger charge is 2.53. The summed E-state index contributed by atoms with van der Waals surface area (Å²) in [5, 5.41) is 0. The van der Waals surface area contributed by atoms with Crippen molar-refractivity contribution in [2.45, 2.75) is 25.7 Å². The second-order valence-electron chi connectivity index (χ2n) is 4.80. The summed E-state index contributed by atoms with van der Waals surface area (Å²) in [6, 6.07) is 0. The number of ketones is 1. The molecule has 3 rings (SSSR count). The summed E-state index contributed by atoms with van der Waals surface area (Å²) in [6.07, 6.45) is 2.72. The Kier molecular flexibility index (Phi) is 1.75. The monoisotopic (exact) mass is 208 g/mol. The molecule has 0 aromatic rings. The summed E-state index contributed by atoms with van der Waals surface area (Å²) in [6.45, 7) is 0. The number of cyclic esters (lactones) is 2. The summed E-state index contributed by atoms with van der Waals surface area (Å²) >= 11 is 0. The number of Topliss-reactive ketones (excluding diaryl/α,β-unsaturated/α-hetero) is 1. The van der Waals surface area contributed by atoms with Gasteiger partial charge in [0.15, 0.2) is 0 Å². The van der Waals surface area contributed by atoms with E-state index in [-0.39, 0.29) is 29.5 Å². The van der Waals surface area contributed by atoms with Crippen LogP contribution in [0.2, 0.25) is 0 Å². The molecule has 3 fully saturated rings. The SMILES string of the molecule is O=C1CCC2CC3C(=O)OC(=O)C3CC12. The van der Waals surface area contributed by atoms with Crippen molar-refractivity contribution < 1.29 is 19.1 Å². The van der Waals surface area contributed by atoms with E-state index in [0.717, 1.165) is 6.42 Å². The Morgan fingerprint density at radius 2 is 1.60 bits per heavy atom. The minimum absolute atomic E-state index is 0.0182. The molecule has 0 radical (unpaired) electrons. The van der Waals surface area contributed by atoms with Crippen molar-refractivity contribution in [1.82, 2.24) is 0 Å². The molecule has 0 bridgehead atoms. The standard InChI is InChI=1S/C11H12O4/c12-9-2-1-5-3-7-8(4-6(5)9)11(14)15-10(7)13/h5-8H,1-4H2. The minimum Gasteiger partial charge on any atom is -0.393 e. The zero-order valence-corrected chi connectivity index (χ0v) is 8.27. The molecule has 4 nitrogen and oxygen atoms in total. The van der Waals surface area contributed by atoms with Gasteiger partial charge in [-0.15, -0.1) is 0 Å². The van der Waals surface area contributed by atoms with Crippen molar-refractivity contribution in [3.05, 3.63) is 0 Å². The lowest BCUT2D eigenvalue weighted by molar-refractivity contribution is -0.153. The normalized spacial score (nSPS) is 43.9. The fraction of sp³-hybridized carbons (Fsp3) is 0.727. The largest absolute Gasteiger partial charge is 0.393 e. The maximum atomic E-state index is 11.5. The minimum atomic E-state index is -0.414. The average molecular weight is 208 g/mol. The lowest BCUT2D eigenvalue weighted by atomic mass is 9.70. The molecule has 1 saturated heterocycles. The number of carbonyl (C=O) groups excluding carboxylic acids is 3. The molecule has 2 aliphatic carbocycles. The summed E-state index contributed by atoms with van der Waals surface area (Å²) in [4.78, 5) is 34.3. The number of hydrogen-bond acceptors (Lipinski definition) is 4. The van der Waals surface area contributed by atoms with E-state index >= 15 is 0 Å². The number of ether oxygens (including phenoxy) is 1. The van der Waals surface area contributed by atoms with Gasteiger partial charge >= 0.3 is 11.9 Å². The zero-order chi connectivity index (χ0) is 10.6. The van der Waals surface area contributed by atoms with Crippen molar-refractivity contribution in [1.29, 1.82) is 0 Å². The number of fused-ring (bicyclic) bond motifs is 2. The van der Waals surface area contributed by atoms with Crippen LogP contribution in [0.15, 0.2) is 0 Å². The van der Waals surface area contributed by atoms with Gasteiger partial charge in [-0.05, 0) is 25.2 Å². The van der Waals surface area contributed by atoms with Crippen molar-refractivity contribution in [3.8, 4) is 0 Å². The van der Waals surface area contributed by atoms with Crippen LogP contribution >= 0.6 is 0 Å². The smallest absolute Gasteiger partial charge is 0.317 e. The summed E-state index contributed by atoms with van der Waals surface area (Å²) < 4.78 is 4.62. The van der Waals surface area contributed by atoms with Crippen LogP contribution in [0, 0.1) is 23.7 Å². The van der Waals surface area contributed by atoms with Crippen LogP contribution in [0.4, 0.5) is 0 Å². The second-order valence-corrected chi connectivity index (χ2v) is 4.80. The third-order valence-corrected chi connectivity index (χ3v) is 4.10. The molecule has 0 spiro atoms. The maximum Gasteiger partial charge on any atom is 0.317 e. The number of carbonyl (C=O) groups is 3. The molecule has 0 amide bonds. The first-order valence-corrected chi connectivity index (χ1v) is 5.45. The first-order valence-electron chi connectivity index (χ1n) is 5.45. The molecular weight excluding hydrogens is 196 g/mol. The number of esters is 2. The Labute approximate surface area is 87.0 Å². The molecule has 0 aromatic heterocycles. The molecule has 4 atom stereocenters. The van der Waals surface area contributed by atoms with Gasteiger partial charge in [-0.3, -0.25) is 14.4 Å². The van der Waals surface area contributed by atoms with E-state index in [9.17, 15) is 14.4 Å². The van der Waals surface area contributed by atoms with Crippen molar-refractivity contribution in [3.63, 3.8) is 0 Å². The van der Waals surface area contributed by atoms with E-state index in [1.54, 1.807) is 0 Å². The van der Waals surface area contributed by atoms with E-state index in [0.29, 0.717) is 25.2 Å². The lowest BCUT2D eigenvalue weighted by Gasteiger charge is -2.29. The summed E-state index contributed by atoms with van der Waals surface area (Å²) in [7, 11) is 0. The molecule has 3 aliphatic rings. The van der Waals surface area contributed by atoms with Gasteiger partial charge < -0.3 is 4.74 Å². The fourth-order valence-electron chi connectivity index (χ4n) is 3.28. The molecule has 2 saturated carbocycles. The van der Waals surface area contributed by atoms with Gasteiger partial charge in [0.1, 0.15) is 5.78 Å². The van der Waals surface area contributed by atoms with Crippen LogP contribution in [-0.2, 0) is 19.1 Å². The predicted octanol–water partition coefficient (Wildman–Crippen LogP) is 0.691. The third kappa shape index (κ3) is 1.17. The van der Waals surface area contributed by atoms with Crippen molar-refractivity contribution in [2.75, 3.05) is 0 Å². The highest BCUT2D eigenvalue weighted by Crippen LogP contribution is 2.47. The lowest BCUT2D eigenvalue weighted by Crippen LogP contribution is -2.33. The molecule has 1 aliphatic heterocycles. The Morgan fingerprint density at radius 3 is 2.33 bits per heavy atom. The van der Waals surface area contributed by atoms with E-state index < -0.39 is 5.97 Å². The first-order chi connectivity index (χ1) is 7.16. The van der Waals surface area contributed by atoms with Crippen molar-refractivity contribution in [2.24, 2.45) is 23.7 Å². The molecule has 4 heteroatoms. The Morgan fingerprint density at radius 1 is 0.933 bits per heavy atom. The van der Waals surface area contributed by atoms with Crippen LogP contribution in [0.3, 0.4) is 0 Å². The van der Waals surface area contributed by atoms with Gasteiger partial charge in [-0.1, -0.05) is 0 Å². The van der Waals surface area contributed by atoms with Crippen LogP contribution < -0.4 is 0 Å². The van der Waals surface area contributed by atoms with Crippen LogP contribution in [0.1, 0.15) is 25.7 Å². The molecular formula is C11H12O4. The summed E-state index contributed by atoms with van der Waals surface area (Å²) in [5.74, 6) is -0.774. The number of rotatable bonds is 0. The van der Waals surface area contributed by atoms with E-state index in [1.165, 1.54) is 0 Å². The van der Waals surface area contributed by atoms with Gasteiger partial charge in [-0.2, -0.15) is 0 Å². The zero-order valence-electron chi connectivity index (χ0n) is 8.27. The predicted molar refractivity (Wildman–Crippen MR) is 48.5 cm³/mol. The third-order valence-electron chi connectivity index (χ3n) is 4.10. The van der Waals surface area contributed by atoms with Gasteiger partial charge in [0, 0.05) is 12.3 Å². The Hall–Kier alpha value is -1.19. The molecule has 0 aromatic carbocycles. The molecule has 15 heavy (non-hydrogen) atoms. The molecule has 0 N–H and O–H groups in total. The first kappa shape index (κ1) is 9.07. The van der Waals surface area contributed by atoms with Crippen LogP contribution in [0.25, 0.3) is 0 Å². The highest BCUT2D eigenvalue weighted by atomic mass is 16.6. The van der Waals surface area contributed by atoms with Gasteiger partial charge in [0.25, 0.3) is 0 Å². The topological polar surface area (TPSA) is 60.4 Å². The quantitative estimate of drug-likeness (QED) is 0.434. The number of hydrogen-bond donors (Lipinski definition) is 0. The molecule has 4 unspecified atom stereocenters. The second kappa shape index (κ2) is 2.90. The van der Waals surface area contributed by atoms with Gasteiger partial charge in [-0.25, -0.2) is 0 Å². The van der Waals surface area contributed by atoms with Crippen molar-refractivity contribution >= 4 is 17.7 Å². The van der Waals surface area contributed by atoms with Gasteiger partial charge in [0.05, 0.1) is 11.8 Å².